The van der Waals surface area contributed by atoms with Crippen LogP contribution in [-0.4, -0.2) is 23.6 Å². The van der Waals surface area contributed by atoms with Crippen molar-refractivity contribution in [3.63, 3.8) is 0 Å². The first-order chi connectivity index (χ1) is 9.19. The molecule has 2 N–H and O–H groups in total. The normalized spacial score (nSPS) is 18.2. The minimum Gasteiger partial charge on any atom is -0.494 e. The Hall–Kier alpha value is -1.88. The molecule has 0 bridgehead atoms. The molecule has 0 amide bonds. The zero-order valence-electron chi connectivity index (χ0n) is 11.0. The van der Waals surface area contributed by atoms with Gasteiger partial charge in [0.05, 0.1) is 18.8 Å². The summed E-state index contributed by atoms with van der Waals surface area (Å²) in [4.78, 5) is 7.77. The summed E-state index contributed by atoms with van der Waals surface area (Å²) < 4.78 is 18.7. The van der Waals surface area contributed by atoms with Crippen LogP contribution in [0.2, 0.25) is 0 Å². The van der Waals surface area contributed by atoms with Crippen molar-refractivity contribution < 1.29 is 9.13 Å². The van der Waals surface area contributed by atoms with Crippen LogP contribution in [0.15, 0.2) is 18.2 Å². The minimum absolute atomic E-state index is 0.0610. The van der Waals surface area contributed by atoms with Crippen LogP contribution in [0, 0.1) is 12.7 Å². The van der Waals surface area contributed by atoms with Crippen LogP contribution in [0.4, 0.5) is 4.39 Å². The smallest absolute Gasteiger partial charge is 0.165 e. The summed E-state index contributed by atoms with van der Waals surface area (Å²) in [7, 11) is 1.46. The van der Waals surface area contributed by atoms with E-state index in [4.69, 9.17) is 4.74 Å². The highest BCUT2D eigenvalue weighted by Crippen LogP contribution is 2.29. The number of aryl methyl sites for hydroxylation is 1. The predicted octanol–water partition coefficient (Wildman–Crippen LogP) is 2.10. The van der Waals surface area contributed by atoms with Crippen molar-refractivity contribution in [1.82, 2.24) is 15.3 Å². The third kappa shape index (κ3) is 2.10. The number of aromatic amines is 1. The van der Waals surface area contributed by atoms with Crippen molar-refractivity contribution in [3.05, 3.63) is 46.8 Å². The molecule has 2 aromatic rings. The molecule has 1 aliphatic heterocycles. The number of aromatic nitrogens is 2. The fourth-order valence-corrected chi connectivity index (χ4v) is 2.56. The lowest BCUT2D eigenvalue weighted by molar-refractivity contribution is 0.385. The molecule has 100 valence electrons. The maximum atomic E-state index is 13.8. The summed E-state index contributed by atoms with van der Waals surface area (Å²) in [5, 5.41) is 3.38. The Morgan fingerprint density at radius 2 is 2.26 bits per heavy atom. The Kier molecular flexibility index (Phi) is 2.98. The maximum absolute atomic E-state index is 13.8. The highest BCUT2D eigenvalue weighted by Gasteiger charge is 2.25. The van der Waals surface area contributed by atoms with E-state index in [-0.39, 0.29) is 17.6 Å². The van der Waals surface area contributed by atoms with Crippen molar-refractivity contribution in [3.8, 4) is 5.75 Å². The molecule has 3 rings (SSSR count). The first-order valence-corrected chi connectivity index (χ1v) is 6.31. The third-order valence-electron chi connectivity index (χ3n) is 3.44. The lowest BCUT2D eigenvalue weighted by Gasteiger charge is -2.23. The first kappa shape index (κ1) is 12.2. The van der Waals surface area contributed by atoms with Gasteiger partial charge in [-0.05, 0) is 24.6 Å². The van der Waals surface area contributed by atoms with Crippen LogP contribution in [0.3, 0.4) is 0 Å². The topological polar surface area (TPSA) is 49.9 Å². The van der Waals surface area contributed by atoms with Crippen LogP contribution >= 0.6 is 0 Å². The van der Waals surface area contributed by atoms with Gasteiger partial charge >= 0.3 is 0 Å². The number of H-pyrrole nitrogens is 1. The van der Waals surface area contributed by atoms with Gasteiger partial charge in [0.25, 0.3) is 0 Å². The molecule has 0 aliphatic carbocycles. The maximum Gasteiger partial charge on any atom is 0.165 e. The second kappa shape index (κ2) is 4.66. The molecular formula is C14H16FN3O. The van der Waals surface area contributed by atoms with E-state index in [2.05, 4.69) is 15.3 Å². The van der Waals surface area contributed by atoms with Crippen LogP contribution in [0.5, 0.6) is 5.75 Å². The second-order valence-electron chi connectivity index (χ2n) is 4.72. The number of nitrogens with one attached hydrogen (secondary N) is 2. The largest absolute Gasteiger partial charge is 0.494 e. The SMILES string of the molecule is COc1ccc(C2NCCc3[nH]c(C)nc32)cc1F. The second-order valence-corrected chi connectivity index (χ2v) is 4.72. The highest BCUT2D eigenvalue weighted by atomic mass is 19.1. The fourth-order valence-electron chi connectivity index (χ4n) is 2.56. The number of halogens is 1. The molecule has 1 unspecified atom stereocenters. The average molecular weight is 261 g/mol. The Bertz CT molecular complexity index is 609. The van der Waals surface area contributed by atoms with Gasteiger partial charge < -0.3 is 15.0 Å². The van der Waals surface area contributed by atoms with E-state index in [1.165, 1.54) is 13.2 Å². The third-order valence-corrected chi connectivity index (χ3v) is 3.44. The quantitative estimate of drug-likeness (QED) is 0.870. The molecule has 19 heavy (non-hydrogen) atoms. The Balaban J connectivity index is 2.01. The van der Waals surface area contributed by atoms with Gasteiger partial charge in [-0.1, -0.05) is 6.07 Å². The van der Waals surface area contributed by atoms with Crippen LogP contribution in [0.1, 0.15) is 28.8 Å². The van der Waals surface area contributed by atoms with Crippen molar-refractivity contribution >= 4 is 0 Å². The highest BCUT2D eigenvalue weighted by molar-refractivity contribution is 5.37. The molecule has 4 nitrogen and oxygen atoms in total. The standard InChI is InChI=1S/C14H16FN3O/c1-8-17-11-5-6-16-13(14(11)18-8)9-3-4-12(19-2)10(15)7-9/h3-4,7,13,16H,5-6H2,1-2H3,(H,17,18). The number of hydrogen-bond acceptors (Lipinski definition) is 3. The van der Waals surface area contributed by atoms with Gasteiger partial charge in [0, 0.05) is 18.7 Å². The van der Waals surface area contributed by atoms with Crippen LogP contribution in [0.25, 0.3) is 0 Å². The van der Waals surface area contributed by atoms with Gasteiger partial charge in [-0.15, -0.1) is 0 Å². The van der Waals surface area contributed by atoms with Gasteiger partial charge in [-0.3, -0.25) is 0 Å². The fraction of sp³-hybridized carbons (Fsp3) is 0.357. The molecular weight excluding hydrogens is 245 g/mol. The number of nitrogens with zero attached hydrogens (tertiary/aromatic N) is 1. The summed E-state index contributed by atoms with van der Waals surface area (Å²) in [6, 6.07) is 4.98. The zero-order chi connectivity index (χ0) is 13.4. The number of rotatable bonds is 2. The summed E-state index contributed by atoms with van der Waals surface area (Å²) in [5.41, 5.74) is 2.97. The molecule has 0 spiro atoms. The number of imidazole rings is 1. The Morgan fingerprint density at radius 3 is 3.00 bits per heavy atom. The van der Waals surface area contributed by atoms with Gasteiger partial charge in [0.15, 0.2) is 11.6 Å². The van der Waals surface area contributed by atoms with E-state index in [1.54, 1.807) is 6.07 Å². The zero-order valence-corrected chi connectivity index (χ0v) is 11.0. The summed E-state index contributed by atoms with van der Waals surface area (Å²) in [5.74, 6) is 0.812. The molecule has 1 atom stereocenters. The van der Waals surface area contributed by atoms with Gasteiger partial charge in [-0.25, -0.2) is 9.37 Å². The molecule has 0 saturated carbocycles. The number of methoxy groups -OCH3 is 1. The van der Waals surface area contributed by atoms with Crippen molar-refractivity contribution in [2.75, 3.05) is 13.7 Å². The molecule has 0 fully saturated rings. The van der Waals surface area contributed by atoms with E-state index in [0.29, 0.717) is 0 Å². The molecule has 1 aromatic heterocycles. The van der Waals surface area contributed by atoms with Gasteiger partial charge in [0.1, 0.15) is 5.82 Å². The predicted molar refractivity (Wildman–Crippen MR) is 69.8 cm³/mol. The van der Waals surface area contributed by atoms with Gasteiger partial charge in [0.2, 0.25) is 0 Å². The molecule has 5 heteroatoms. The number of hydrogen-bond donors (Lipinski definition) is 2. The number of benzene rings is 1. The first-order valence-electron chi connectivity index (χ1n) is 6.31. The lowest BCUT2D eigenvalue weighted by atomic mass is 9.98. The average Bonchev–Trinajstić information content (AvgIpc) is 2.78. The van der Waals surface area contributed by atoms with Crippen LogP contribution in [-0.2, 0) is 6.42 Å². The molecule has 1 aromatic carbocycles. The summed E-state index contributed by atoms with van der Waals surface area (Å²) >= 11 is 0. The summed E-state index contributed by atoms with van der Waals surface area (Å²) in [6.45, 7) is 2.79. The van der Waals surface area contributed by atoms with E-state index in [9.17, 15) is 4.39 Å². The number of ether oxygens (including phenoxy) is 1. The lowest BCUT2D eigenvalue weighted by Crippen LogP contribution is -2.30. The van der Waals surface area contributed by atoms with Crippen molar-refractivity contribution in [2.45, 2.75) is 19.4 Å². The molecule has 0 radical (unpaired) electrons. The van der Waals surface area contributed by atoms with Gasteiger partial charge in [-0.2, -0.15) is 0 Å². The van der Waals surface area contributed by atoms with Crippen molar-refractivity contribution in [2.24, 2.45) is 0 Å². The number of fused-ring (bicyclic) bond motifs is 1. The molecule has 2 heterocycles. The molecule has 0 saturated heterocycles. The monoisotopic (exact) mass is 261 g/mol. The Labute approximate surface area is 111 Å². The molecule has 1 aliphatic rings. The van der Waals surface area contributed by atoms with E-state index >= 15 is 0 Å². The summed E-state index contributed by atoms with van der Waals surface area (Å²) in [6.07, 6.45) is 0.922. The van der Waals surface area contributed by atoms with E-state index in [1.807, 2.05) is 13.0 Å². The van der Waals surface area contributed by atoms with E-state index < -0.39 is 0 Å². The Morgan fingerprint density at radius 1 is 1.42 bits per heavy atom. The van der Waals surface area contributed by atoms with E-state index in [0.717, 1.165) is 35.7 Å². The minimum atomic E-state index is -0.346. The van der Waals surface area contributed by atoms with Crippen LogP contribution < -0.4 is 10.1 Å². The van der Waals surface area contributed by atoms with Crippen molar-refractivity contribution in [1.29, 1.82) is 0 Å².